The molecule has 1 aromatic carbocycles. The molecule has 4 rings (SSSR count). The van der Waals surface area contributed by atoms with Crippen molar-refractivity contribution >= 4 is 21.6 Å². The smallest absolute Gasteiger partial charge is 0.260 e. The van der Waals surface area contributed by atoms with E-state index in [0.717, 1.165) is 28.8 Å². The predicted molar refractivity (Wildman–Crippen MR) is 139 cm³/mol. The maximum absolute atomic E-state index is 13.2. The second kappa shape index (κ2) is 11.4. The SMILES string of the molecule is C=CCOCC(O)CN(Cc1nc2scc(-c3ccc(C)c(C)c3)c2c(=O)[nH]1)C1CCCCC1. The van der Waals surface area contributed by atoms with Gasteiger partial charge in [-0.05, 0) is 43.4 Å². The summed E-state index contributed by atoms with van der Waals surface area (Å²) >= 11 is 1.51. The minimum Gasteiger partial charge on any atom is -0.389 e. The topological polar surface area (TPSA) is 78.5 Å². The Balaban J connectivity index is 1.58. The van der Waals surface area contributed by atoms with Gasteiger partial charge in [-0.15, -0.1) is 17.9 Å². The van der Waals surface area contributed by atoms with Gasteiger partial charge in [-0.3, -0.25) is 9.69 Å². The number of hydrogen-bond acceptors (Lipinski definition) is 6. The van der Waals surface area contributed by atoms with Crippen LogP contribution in [0.25, 0.3) is 21.3 Å². The zero-order chi connectivity index (χ0) is 24.1. The Bertz CT molecular complexity index is 1180. The van der Waals surface area contributed by atoms with Gasteiger partial charge < -0.3 is 14.8 Å². The standard InChI is InChI=1S/C27H35N3O3S/c1-4-12-33-16-22(31)14-30(21-8-6-5-7-9-21)15-24-28-26(32)25-23(17-34-27(25)29-24)20-11-10-18(2)19(3)13-20/h4,10-11,13,17,21-22,31H,1,5-9,12,14-16H2,2-3H3,(H,28,29,32). The Morgan fingerprint density at radius 3 is 2.82 bits per heavy atom. The zero-order valence-corrected chi connectivity index (χ0v) is 21.0. The van der Waals surface area contributed by atoms with Gasteiger partial charge in [0.2, 0.25) is 0 Å². The van der Waals surface area contributed by atoms with Crippen LogP contribution >= 0.6 is 11.3 Å². The third kappa shape index (κ3) is 5.84. The molecule has 2 heterocycles. The summed E-state index contributed by atoms with van der Waals surface area (Å²) in [4.78, 5) is 24.1. The molecule has 1 aliphatic rings. The van der Waals surface area contributed by atoms with Crippen LogP contribution in [-0.2, 0) is 11.3 Å². The number of H-pyrrole nitrogens is 1. The molecule has 0 saturated heterocycles. The fourth-order valence-corrected chi connectivity index (χ4v) is 5.75. The first-order chi connectivity index (χ1) is 16.5. The van der Waals surface area contributed by atoms with Crippen molar-refractivity contribution in [3.8, 4) is 11.1 Å². The second-order valence-corrected chi connectivity index (χ2v) is 10.2. The van der Waals surface area contributed by atoms with Crippen molar-refractivity contribution < 1.29 is 9.84 Å². The largest absolute Gasteiger partial charge is 0.389 e. The molecule has 0 aliphatic heterocycles. The van der Waals surface area contributed by atoms with Gasteiger partial charge in [-0.25, -0.2) is 4.98 Å². The van der Waals surface area contributed by atoms with Crippen LogP contribution in [0.15, 0.2) is 41.0 Å². The zero-order valence-electron chi connectivity index (χ0n) is 20.2. The summed E-state index contributed by atoms with van der Waals surface area (Å²) in [6, 6.07) is 6.66. The van der Waals surface area contributed by atoms with Gasteiger partial charge in [-0.2, -0.15) is 0 Å². The summed E-state index contributed by atoms with van der Waals surface area (Å²) in [7, 11) is 0. The average molecular weight is 482 g/mol. The molecule has 1 atom stereocenters. The molecule has 1 fully saturated rings. The van der Waals surface area contributed by atoms with E-state index in [1.54, 1.807) is 6.08 Å². The second-order valence-electron chi connectivity index (χ2n) is 9.34. The molecule has 3 aromatic rings. The minimum absolute atomic E-state index is 0.104. The highest BCUT2D eigenvalue weighted by Crippen LogP contribution is 2.32. The van der Waals surface area contributed by atoms with E-state index in [4.69, 9.17) is 9.72 Å². The van der Waals surface area contributed by atoms with E-state index in [0.29, 0.717) is 36.9 Å². The lowest BCUT2D eigenvalue weighted by atomic mass is 9.94. The van der Waals surface area contributed by atoms with Crippen molar-refractivity contribution in [3.63, 3.8) is 0 Å². The van der Waals surface area contributed by atoms with Crippen LogP contribution in [0.3, 0.4) is 0 Å². The van der Waals surface area contributed by atoms with Gasteiger partial charge in [0.15, 0.2) is 0 Å². The van der Waals surface area contributed by atoms with Crippen molar-refractivity contribution in [2.45, 2.75) is 64.6 Å². The first-order valence-electron chi connectivity index (χ1n) is 12.1. The van der Waals surface area contributed by atoms with Crippen molar-refractivity contribution in [3.05, 3.63) is 63.5 Å². The van der Waals surface area contributed by atoms with Crippen LogP contribution in [0.4, 0.5) is 0 Å². The molecule has 2 aromatic heterocycles. The van der Waals surface area contributed by atoms with E-state index >= 15 is 0 Å². The average Bonchev–Trinajstić information content (AvgIpc) is 3.26. The van der Waals surface area contributed by atoms with E-state index in [2.05, 4.69) is 48.5 Å². The fourth-order valence-electron chi connectivity index (χ4n) is 4.78. The van der Waals surface area contributed by atoms with Crippen molar-refractivity contribution in [1.82, 2.24) is 14.9 Å². The van der Waals surface area contributed by atoms with Crippen LogP contribution in [0.1, 0.15) is 49.1 Å². The fraction of sp³-hybridized carbons (Fsp3) is 0.481. The van der Waals surface area contributed by atoms with Gasteiger partial charge in [0, 0.05) is 23.5 Å². The number of aliphatic hydroxyl groups excluding tert-OH is 1. The Labute approximate surface area is 205 Å². The number of hydrogen-bond donors (Lipinski definition) is 2. The summed E-state index contributed by atoms with van der Waals surface area (Å²) in [5.74, 6) is 0.649. The Morgan fingerprint density at radius 2 is 2.09 bits per heavy atom. The molecular weight excluding hydrogens is 446 g/mol. The Hall–Kier alpha value is -2.32. The lowest BCUT2D eigenvalue weighted by molar-refractivity contribution is 0.00880. The normalized spacial score (nSPS) is 15.8. The molecule has 0 amide bonds. The molecule has 1 unspecified atom stereocenters. The number of ether oxygens (including phenoxy) is 1. The number of aromatic nitrogens is 2. The highest BCUT2D eigenvalue weighted by molar-refractivity contribution is 7.17. The minimum atomic E-state index is -0.601. The molecule has 0 radical (unpaired) electrons. The summed E-state index contributed by atoms with van der Waals surface area (Å²) < 4.78 is 5.45. The van der Waals surface area contributed by atoms with Crippen LogP contribution in [0, 0.1) is 13.8 Å². The number of aliphatic hydroxyl groups is 1. The summed E-state index contributed by atoms with van der Waals surface area (Å²) in [6.45, 7) is 9.51. The third-order valence-electron chi connectivity index (χ3n) is 6.75. The van der Waals surface area contributed by atoms with Crippen molar-refractivity contribution in [1.29, 1.82) is 0 Å². The van der Waals surface area contributed by atoms with Gasteiger partial charge >= 0.3 is 0 Å². The lowest BCUT2D eigenvalue weighted by Gasteiger charge is -2.35. The molecule has 0 spiro atoms. The molecule has 1 aliphatic carbocycles. The molecule has 0 bridgehead atoms. The summed E-state index contributed by atoms with van der Waals surface area (Å²) in [6.07, 6.45) is 6.92. The van der Waals surface area contributed by atoms with E-state index < -0.39 is 6.10 Å². The quantitative estimate of drug-likeness (QED) is 0.316. The Kier molecular flexibility index (Phi) is 8.32. The first kappa shape index (κ1) is 24.8. The number of benzene rings is 1. The number of fused-ring (bicyclic) bond motifs is 1. The van der Waals surface area contributed by atoms with Gasteiger partial charge in [0.1, 0.15) is 10.7 Å². The monoisotopic (exact) mass is 481 g/mol. The predicted octanol–water partition coefficient (Wildman–Crippen LogP) is 4.97. The molecule has 6 nitrogen and oxygen atoms in total. The number of aryl methyl sites for hydroxylation is 2. The number of aromatic amines is 1. The number of thiophene rings is 1. The van der Waals surface area contributed by atoms with Crippen LogP contribution in [-0.4, -0.2) is 51.9 Å². The van der Waals surface area contributed by atoms with E-state index in [1.165, 1.54) is 41.7 Å². The number of nitrogens with one attached hydrogen (secondary N) is 1. The van der Waals surface area contributed by atoms with Crippen LogP contribution in [0.2, 0.25) is 0 Å². The van der Waals surface area contributed by atoms with E-state index in [1.807, 2.05) is 5.38 Å². The van der Waals surface area contributed by atoms with Crippen molar-refractivity contribution in [2.75, 3.05) is 19.8 Å². The molecular formula is C27H35N3O3S. The van der Waals surface area contributed by atoms with Gasteiger partial charge in [0.05, 0.1) is 31.2 Å². The van der Waals surface area contributed by atoms with Gasteiger partial charge in [0.25, 0.3) is 5.56 Å². The van der Waals surface area contributed by atoms with Crippen LogP contribution < -0.4 is 5.56 Å². The maximum Gasteiger partial charge on any atom is 0.260 e. The molecule has 1 saturated carbocycles. The summed E-state index contributed by atoms with van der Waals surface area (Å²) in [5, 5.41) is 13.2. The Morgan fingerprint density at radius 1 is 1.29 bits per heavy atom. The van der Waals surface area contributed by atoms with Crippen LogP contribution in [0.5, 0.6) is 0 Å². The van der Waals surface area contributed by atoms with Crippen molar-refractivity contribution in [2.24, 2.45) is 0 Å². The number of rotatable bonds is 10. The lowest BCUT2D eigenvalue weighted by Crippen LogP contribution is -2.43. The first-order valence-corrected chi connectivity index (χ1v) is 13.0. The van der Waals surface area contributed by atoms with Gasteiger partial charge in [-0.1, -0.05) is 43.5 Å². The molecule has 2 N–H and O–H groups in total. The highest BCUT2D eigenvalue weighted by atomic mass is 32.1. The van der Waals surface area contributed by atoms with E-state index in [9.17, 15) is 9.90 Å². The molecule has 7 heteroatoms. The molecule has 34 heavy (non-hydrogen) atoms. The number of nitrogens with zero attached hydrogens (tertiary/aromatic N) is 2. The molecule has 182 valence electrons. The maximum atomic E-state index is 13.2. The third-order valence-corrected chi connectivity index (χ3v) is 7.62. The summed E-state index contributed by atoms with van der Waals surface area (Å²) in [5.41, 5.74) is 4.31. The highest BCUT2D eigenvalue weighted by Gasteiger charge is 2.25. The van der Waals surface area contributed by atoms with E-state index in [-0.39, 0.29) is 12.2 Å².